The van der Waals surface area contributed by atoms with Crippen molar-refractivity contribution in [3.8, 4) is 0 Å². The summed E-state index contributed by atoms with van der Waals surface area (Å²) >= 11 is 0. The van der Waals surface area contributed by atoms with Gasteiger partial charge >= 0.3 is 0 Å². The Bertz CT molecular complexity index is 383. The van der Waals surface area contributed by atoms with Gasteiger partial charge in [-0.25, -0.2) is 0 Å². The molecule has 18 heavy (non-hydrogen) atoms. The maximum absolute atomic E-state index is 5.74. The van der Waals surface area contributed by atoms with Crippen LogP contribution in [0.25, 0.3) is 0 Å². The van der Waals surface area contributed by atoms with Crippen molar-refractivity contribution in [3.05, 3.63) is 6.07 Å². The van der Waals surface area contributed by atoms with Crippen LogP contribution in [-0.2, 0) is 0 Å². The lowest BCUT2D eigenvalue weighted by atomic mass is 9.96. The first kappa shape index (κ1) is 14.5. The summed E-state index contributed by atoms with van der Waals surface area (Å²) in [5.74, 6) is 1.96. The van der Waals surface area contributed by atoms with E-state index in [1.165, 1.54) is 0 Å². The molecule has 102 valence electrons. The van der Waals surface area contributed by atoms with Crippen molar-refractivity contribution in [2.75, 3.05) is 36.1 Å². The number of hydrogen-bond donors (Lipinski definition) is 2. The number of nitrogen functional groups attached to an aromatic ring is 1. The number of nitrogens with zero attached hydrogens (tertiary/aromatic N) is 3. The van der Waals surface area contributed by atoms with Gasteiger partial charge in [0.1, 0.15) is 11.6 Å². The maximum Gasteiger partial charge on any atom is 0.223 e. The normalized spacial score (nSPS) is 11.4. The van der Waals surface area contributed by atoms with E-state index in [2.05, 4.69) is 47.9 Å². The smallest absolute Gasteiger partial charge is 0.223 e. The Balaban J connectivity index is 2.84. The SMILES string of the molecule is CCCNc1cc(N(C)CC(C)(C)C)nc(N)n1. The lowest BCUT2D eigenvalue weighted by Crippen LogP contribution is -2.30. The lowest BCUT2D eigenvalue weighted by molar-refractivity contribution is 0.418. The van der Waals surface area contributed by atoms with Gasteiger partial charge in [-0.1, -0.05) is 27.7 Å². The highest BCUT2D eigenvalue weighted by Gasteiger charge is 2.15. The molecule has 1 heterocycles. The second-order valence-corrected chi connectivity index (χ2v) is 5.81. The van der Waals surface area contributed by atoms with Gasteiger partial charge in [-0.2, -0.15) is 9.97 Å². The fourth-order valence-corrected chi connectivity index (χ4v) is 1.78. The Morgan fingerprint density at radius 3 is 2.56 bits per heavy atom. The van der Waals surface area contributed by atoms with E-state index in [0.29, 0.717) is 5.95 Å². The van der Waals surface area contributed by atoms with Crippen LogP contribution >= 0.6 is 0 Å². The van der Waals surface area contributed by atoms with Gasteiger partial charge in [0.2, 0.25) is 5.95 Å². The standard InChI is InChI=1S/C13H25N5/c1-6-7-15-10-8-11(17-12(14)16-10)18(5)9-13(2,3)4/h8H,6-7,9H2,1-5H3,(H3,14,15,16,17). The number of hydrogen-bond acceptors (Lipinski definition) is 5. The van der Waals surface area contributed by atoms with Gasteiger partial charge in [0.25, 0.3) is 0 Å². The van der Waals surface area contributed by atoms with Crippen LogP contribution in [0.15, 0.2) is 6.07 Å². The molecule has 0 bridgehead atoms. The van der Waals surface area contributed by atoms with Crippen molar-refractivity contribution in [3.63, 3.8) is 0 Å². The van der Waals surface area contributed by atoms with Crippen molar-refractivity contribution in [1.29, 1.82) is 0 Å². The minimum absolute atomic E-state index is 0.214. The fourth-order valence-electron chi connectivity index (χ4n) is 1.78. The van der Waals surface area contributed by atoms with E-state index >= 15 is 0 Å². The summed E-state index contributed by atoms with van der Waals surface area (Å²) in [5, 5.41) is 3.24. The average molecular weight is 251 g/mol. The molecule has 3 N–H and O–H groups in total. The van der Waals surface area contributed by atoms with Crippen LogP contribution in [-0.4, -0.2) is 30.1 Å². The van der Waals surface area contributed by atoms with E-state index in [0.717, 1.165) is 31.1 Å². The van der Waals surface area contributed by atoms with E-state index < -0.39 is 0 Å². The van der Waals surface area contributed by atoms with Gasteiger partial charge in [-0.15, -0.1) is 0 Å². The zero-order chi connectivity index (χ0) is 13.8. The van der Waals surface area contributed by atoms with Gasteiger partial charge in [0.15, 0.2) is 0 Å². The third-order valence-electron chi connectivity index (χ3n) is 2.39. The Morgan fingerprint density at radius 1 is 1.33 bits per heavy atom. The molecule has 5 heteroatoms. The Labute approximate surface area is 110 Å². The Kier molecular flexibility index (Phi) is 4.76. The summed E-state index contributed by atoms with van der Waals surface area (Å²) in [6, 6.07) is 1.94. The van der Waals surface area contributed by atoms with Crippen LogP contribution in [0, 0.1) is 5.41 Å². The molecule has 0 fully saturated rings. The van der Waals surface area contributed by atoms with E-state index in [4.69, 9.17) is 5.73 Å². The van der Waals surface area contributed by atoms with E-state index in [-0.39, 0.29) is 5.41 Å². The van der Waals surface area contributed by atoms with Crippen LogP contribution in [0.5, 0.6) is 0 Å². The molecule has 1 aromatic heterocycles. The molecular formula is C13H25N5. The van der Waals surface area contributed by atoms with Crippen LogP contribution in [0.1, 0.15) is 34.1 Å². The highest BCUT2D eigenvalue weighted by molar-refractivity contribution is 5.52. The molecule has 0 saturated heterocycles. The summed E-state index contributed by atoms with van der Waals surface area (Å²) in [7, 11) is 2.02. The second kappa shape index (κ2) is 5.89. The molecule has 1 aromatic rings. The minimum atomic E-state index is 0.214. The number of anilines is 3. The predicted molar refractivity (Wildman–Crippen MR) is 78.0 cm³/mol. The van der Waals surface area contributed by atoms with Gasteiger partial charge in [0.05, 0.1) is 0 Å². The zero-order valence-electron chi connectivity index (χ0n) is 12.1. The number of aromatic nitrogens is 2. The van der Waals surface area contributed by atoms with Gasteiger partial charge in [0, 0.05) is 26.2 Å². The van der Waals surface area contributed by atoms with Gasteiger partial charge in [-0.05, 0) is 11.8 Å². The molecule has 1 rings (SSSR count). The molecule has 0 aromatic carbocycles. The van der Waals surface area contributed by atoms with Gasteiger partial charge < -0.3 is 16.0 Å². The third-order valence-corrected chi connectivity index (χ3v) is 2.39. The third kappa shape index (κ3) is 4.77. The summed E-state index contributed by atoms with van der Waals surface area (Å²) < 4.78 is 0. The van der Waals surface area contributed by atoms with Crippen LogP contribution in [0.3, 0.4) is 0 Å². The highest BCUT2D eigenvalue weighted by Crippen LogP contribution is 2.21. The Morgan fingerprint density at radius 2 is 2.00 bits per heavy atom. The number of nitrogens with two attached hydrogens (primary N) is 1. The zero-order valence-corrected chi connectivity index (χ0v) is 12.1. The van der Waals surface area contributed by atoms with Gasteiger partial charge in [-0.3, -0.25) is 0 Å². The molecule has 0 radical (unpaired) electrons. The maximum atomic E-state index is 5.74. The molecular weight excluding hydrogens is 226 g/mol. The topological polar surface area (TPSA) is 67.1 Å². The minimum Gasteiger partial charge on any atom is -0.370 e. The van der Waals surface area contributed by atoms with E-state index in [1.54, 1.807) is 0 Å². The van der Waals surface area contributed by atoms with Crippen molar-refractivity contribution in [2.45, 2.75) is 34.1 Å². The Hall–Kier alpha value is -1.52. The molecule has 0 aliphatic heterocycles. The molecule has 5 nitrogen and oxygen atoms in total. The molecule has 0 amide bonds. The first-order valence-corrected chi connectivity index (χ1v) is 6.41. The van der Waals surface area contributed by atoms with Crippen LogP contribution in [0.4, 0.5) is 17.6 Å². The molecule has 0 saturated carbocycles. The van der Waals surface area contributed by atoms with Crippen molar-refractivity contribution >= 4 is 17.6 Å². The average Bonchev–Trinajstić information content (AvgIpc) is 2.23. The highest BCUT2D eigenvalue weighted by atomic mass is 15.2. The van der Waals surface area contributed by atoms with E-state index in [9.17, 15) is 0 Å². The van der Waals surface area contributed by atoms with Crippen molar-refractivity contribution < 1.29 is 0 Å². The lowest BCUT2D eigenvalue weighted by Gasteiger charge is -2.27. The summed E-state index contributed by atoms with van der Waals surface area (Å²) in [6.07, 6.45) is 1.05. The quantitative estimate of drug-likeness (QED) is 0.841. The number of nitrogens with one attached hydrogen (secondary N) is 1. The molecule has 0 atom stereocenters. The summed E-state index contributed by atoms with van der Waals surface area (Å²) in [4.78, 5) is 10.6. The molecule has 0 spiro atoms. The number of rotatable bonds is 5. The fraction of sp³-hybridized carbons (Fsp3) is 0.692. The van der Waals surface area contributed by atoms with Crippen molar-refractivity contribution in [1.82, 2.24) is 9.97 Å². The molecule has 0 aliphatic carbocycles. The van der Waals surface area contributed by atoms with Crippen LogP contribution in [0.2, 0.25) is 0 Å². The largest absolute Gasteiger partial charge is 0.370 e. The first-order chi connectivity index (χ1) is 8.31. The summed E-state index contributed by atoms with van der Waals surface area (Å²) in [6.45, 7) is 10.5. The molecule has 0 unspecified atom stereocenters. The van der Waals surface area contributed by atoms with E-state index in [1.807, 2.05) is 13.1 Å². The second-order valence-electron chi connectivity index (χ2n) is 5.81. The van der Waals surface area contributed by atoms with Crippen LogP contribution < -0.4 is 16.0 Å². The predicted octanol–water partition coefficient (Wildman–Crippen LogP) is 2.36. The van der Waals surface area contributed by atoms with Crippen molar-refractivity contribution in [2.24, 2.45) is 5.41 Å². The first-order valence-electron chi connectivity index (χ1n) is 6.41. The monoisotopic (exact) mass is 251 g/mol. The summed E-state index contributed by atoms with van der Waals surface area (Å²) in [5.41, 5.74) is 5.96. The molecule has 0 aliphatic rings.